The first-order valence-electron chi connectivity index (χ1n) is 6.26. The van der Waals surface area contributed by atoms with Crippen molar-refractivity contribution in [3.05, 3.63) is 0 Å². The van der Waals surface area contributed by atoms with E-state index in [4.69, 9.17) is 5.11 Å². The first-order valence-corrected chi connectivity index (χ1v) is 6.26. The van der Waals surface area contributed by atoms with Gasteiger partial charge in [0.25, 0.3) is 0 Å². The lowest BCUT2D eigenvalue weighted by molar-refractivity contribution is -0.138. The van der Waals surface area contributed by atoms with Gasteiger partial charge in [0.15, 0.2) is 0 Å². The zero-order chi connectivity index (χ0) is 12.7. The highest BCUT2D eigenvalue weighted by Gasteiger charge is 2.16. The summed E-state index contributed by atoms with van der Waals surface area (Å²) in [5, 5.41) is 11.9. The Labute approximate surface area is 102 Å². The average molecular weight is 242 g/mol. The van der Waals surface area contributed by atoms with Crippen LogP contribution in [-0.4, -0.2) is 48.6 Å². The van der Waals surface area contributed by atoms with E-state index in [-0.39, 0.29) is 12.3 Å². The number of carboxylic acids is 1. The minimum atomic E-state index is -0.860. The maximum absolute atomic E-state index is 11.7. The Morgan fingerprint density at radius 3 is 2.76 bits per heavy atom. The van der Waals surface area contributed by atoms with Crippen molar-refractivity contribution >= 4 is 11.9 Å². The number of carboxylic acid groups (broad SMARTS) is 1. The number of amides is 1. The Bertz CT molecular complexity index is 262. The van der Waals surface area contributed by atoms with Crippen molar-refractivity contribution in [3.63, 3.8) is 0 Å². The van der Waals surface area contributed by atoms with E-state index in [1.165, 1.54) is 17.7 Å². The van der Waals surface area contributed by atoms with Crippen molar-refractivity contribution in [1.82, 2.24) is 10.2 Å². The molecule has 1 heterocycles. The minimum absolute atomic E-state index is 0.0211. The number of nitrogens with zero attached hydrogens (tertiary/aromatic N) is 1. The predicted molar refractivity (Wildman–Crippen MR) is 64.7 cm³/mol. The summed E-state index contributed by atoms with van der Waals surface area (Å²) in [6.45, 7) is 2.40. The zero-order valence-electron chi connectivity index (χ0n) is 10.4. The largest absolute Gasteiger partial charge is 0.481 e. The highest BCUT2D eigenvalue weighted by atomic mass is 16.4. The van der Waals surface area contributed by atoms with Gasteiger partial charge in [0, 0.05) is 20.0 Å². The summed E-state index contributed by atoms with van der Waals surface area (Å²) in [6.07, 6.45) is 3.84. The number of carbonyl (C=O) groups excluding carboxylic acids is 1. The van der Waals surface area contributed by atoms with Crippen LogP contribution >= 0.6 is 0 Å². The van der Waals surface area contributed by atoms with Crippen LogP contribution < -0.4 is 5.32 Å². The number of nitrogens with one attached hydrogen (secondary N) is 1. The van der Waals surface area contributed by atoms with Gasteiger partial charge >= 0.3 is 5.97 Å². The standard InChI is InChI=1S/C12H22N2O3/c1-14(8-6-12(16)17)11(15)5-4-10-3-2-7-13-9-10/h10,13H,2-9H2,1H3,(H,16,17). The molecule has 1 saturated heterocycles. The molecule has 0 aliphatic carbocycles. The molecule has 0 aromatic carbocycles. The Hall–Kier alpha value is -1.10. The number of hydrogen-bond donors (Lipinski definition) is 2. The smallest absolute Gasteiger partial charge is 0.305 e. The van der Waals surface area contributed by atoms with Crippen molar-refractivity contribution < 1.29 is 14.7 Å². The van der Waals surface area contributed by atoms with Gasteiger partial charge in [-0.25, -0.2) is 0 Å². The molecule has 5 nitrogen and oxygen atoms in total. The fraction of sp³-hybridized carbons (Fsp3) is 0.833. The Balaban J connectivity index is 2.16. The molecule has 1 fully saturated rings. The summed E-state index contributed by atoms with van der Waals surface area (Å²) in [4.78, 5) is 23.6. The van der Waals surface area contributed by atoms with Gasteiger partial charge in [0.05, 0.1) is 6.42 Å². The second-order valence-electron chi connectivity index (χ2n) is 4.71. The molecule has 1 atom stereocenters. The van der Waals surface area contributed by atoms with Gasteiger partial charge in [-0.3, -0.25) is 9.59 Å². The molecular formula is C12H22N2O3. The van der Waals surface area contributed by atoms with E-state index >= 15 is 0 Å². The second-order valence-corrected chi connectivity index (χ2v) is 4.71. The van der Waals surface area contributed by atoms with E-state index < -0.39 is 5.97 Å². The molecule has 0 aromatic heterocycles. The molecule has 17 heavy (non-hydrogen) atoms. The number of aliphatic carboxylic acids is 1. The van der Waals surface area contributed by atoms with Crippen LogP contribution in [0.15, 0.2) is 0 Å². The number of hydrogen-bond acceptors (Lipinski definition) is 3. The first kappa shape index (κ1) is 14.0. The minimum Gasteiger partial charge on any atom is -0.481 e. The monoisotopic (exact) mass is 242 g/mol. The molecule has 0 radical (unpaired) electrons. The summed E-state index contributed by atoms with van der Waals surface area (Å²) in [7, 11) is 1.67. The lowest BCUT2D eigenvalue weighted by Crippen LogP contribution is -2.32. The van der Waals surface area contributed by atoms with E-state index in [1.54, 1.807) is 7.05 Å². The summed E-state index contributed by atoms with van der Waals surface area (Å²) in [6, 6.07) is 0. The van der Waals surface area contributed by atoms with Gasteiger partial charge in [-0.05, 0) is 38.3 Å². The molecule has 5 heteroatoms. The van der Waals surface area contributed by atoms with Crippen molar-refractivity contribution in [2.45, 2.75) is 32.1 Å². The van der Waals surface area contributed by atoms with Crippen LogP contribution in [0.4, 0.5) is 0 Å². The normalized spacial score (nSPS) is 19.9. The zero-order valence-corrected chi connectivity index (χ0v) is 10.4. The molecule has 0 spiro atoms. The van der Waals surface area contributed by atoms with Crippen LogP contribution in [0.2, 0.25) is 0 Å². The van der Waals surface area contributed by atoms with Gasteiger partial charge < -0.3 is 15.3 Å². The molecule has 1 aliphatic rings. The molecule has 1 aliphatic heterocycles. The SMILES string of the molecule is CN(CCC(=O)O)C(=O)CCC1CCCNC1. The van der Waals surface area contributed by atoms with E-state index in [0.717, 1.165) is 19.5 Å². The average Bonchev–Trinajstić information content (AvgIpc) is 2.34. The summed E-state index contributed by atoms with van der Waals surface area (Å²) in [5.41, 5.74) is 0. The van der Waals surface area contributed by atoms with Crippen LogP contribution in [0, 0.1) is 5.92 Å². The van der Waals surface area contributed by atoms with Crippen LogP contribution in [0.25, 0.3) is 0 Å². The van der Waals surface area contributed by atoms with E-state index in [0.29, 0.717) is 18.9 Å². The highest BCUT2D eigenvalue weighted by Crippen LogP contribution is 2.16. The summed E-state index contributed by atoms with van der Waals surface area (Å²) in [5.74, 6) is -0.210. The molecular weight excluding hydrogens is 220 g/mol. The molecule has 0 aromatic rings. The first-order chi connectivity index (χ1) is 8.09. The fourth-order valence-corrected chi connectivity index (χ4v) is 2.08. The predicted octanol–water partition coefficient (Wildman–Crippen LogP) is 0.699. The third-order valence-corrected chi connectivity index (χ3v) is 3.25. The number of piperidine rings is 1. The van der Waals surface area contributed by atoms with Crippen molar-refractivity contribution in [2.24, 2.45) is 5.92 Å². The van der Waals surface area contributed by atoms with Gasteiger partial charge in [-0.2, -0.15) is 0 Å². The van der Waals surface area contributed by atoms with Crippen LogP contribution in [0.3, 0.4) is 0 Å². The van der Waals surface area contributed by atoms with Crippen LogP contribution in [-0.2, 0) is 9.59 Å². The summed E-state index contributed by atoms with van der Waals surface area (Å²) >= 11 is 0. The van der Waals surface area contributed by atoms with Crippen LogP contribution in [0.5, 0.6) is 0 Å². The molecule has 1 unspecified atom stereocenters. The maximum atomic E-state index is 11.7. The third kappa shape index (κ3) is 5.68. The van der Waals surface area contributed by atoms with E-state index in [9.17, 15) is 9.59 Å². The quantitative estimate of drug-likeness (QED) is 0.719. The van der Waals surface area contributed by atoms with Gasteiger partial charge in [0.1, 0.15) is 0 Å². The lowest BCUT2D eigenvalue weighted by Gasteiger charge is -2.23. The second kappa shape index (κ2) is 7.27. The maximum Gasteiger partial charge on any atom is 0.305 e. The van der Waals surface area contributed by atoms with Crippen molar-refractivity contribution in [1.29, 1.82) is 0 Å². The van der Waals surface area contributed by atoms with E-state index in [1.807, 2.05) is 0 Å². The van der Waals surface area contributed by atoms with Gasteiger partial charge in [0.2, 0.25) is 5.91 Å². The molecule has 1 amide bonds. The lowest BCUT2D eigenvalue weighted by atomic mass is 9.94. The van der Waals surface area contributed by atoms with Gasteiger partial charge in [-0.1, -0.05) is 0 Å². The topological polar surface area (TPSA) is 69.6 Å². The molecule has 1 rings (SSSR count). The van der Waals surface area contributed by atoms with Crippen molar-refractivity contribution in [3.8, 4) is 0 Å². The molecule has 2 N–H and O–H groups in total. The molecule has 0 bridgehead atoms. The number of rotatable bonds is 6. The highest BCUT2D eigenvalue weighted by molar-refractivity contribution is 5.76. The fourth-order valence-electron chi connectivity index (χ4n) is 2.08. The Morgan fingerprint density at radius 2 is 2.18 bits per heavy atom. The van der Waals surface area contributed by atoms with Gasteiger partial charge in [-0.15, -0.1) is 0 Å². The van der Waals surface area contributed by atoms with E-state index in [2.05, 4.69) is 5.32 Å². The van der Waals surface area contributed by atoms with Crippen LogP contribution in [0.1, 0.15) is 32.1 Å². The molecule has 98 valence electrons. The Kier molecular flexibility index (Phi) is 5.97. The Morgan fingerprint density at radius 1 is 1.41 bits per heavy atom. The molecule has 0 saturated carbocycles. The third-order valence-electron chi connectivity index (χ3n) is 3.25. The summed E-state index contributed by atoms with van der Waals surface area (Å²) < 4.78 is 0. The van der Waals surface area contributed by atoms with Crippen molar-refractivity contribution in [2.75, 3.05) is 26.7 Å². The number of carbonyl (C=O) groups is 2.